The largest absolute Gasteiger partial charge is 0.508 e. The summed E-state index contributed by atoms with van der Waals surface area (Å²) in [6, 6.07) is 3.31. The van der Waals surface area contributed by atoms with Gasteiger partial charge in [0.1, 0.15) is 53.8 Å². The number of aliphatic carboxylic acids is 2. The molecule has 0 radical (unpaired) electrons. The number of carbonyl (C=O) groups is 12. The van der Waals surface area contributed by atoms with Crippen molar-refractivity contribution in [3.05, 3.63) is 95.6 Å². The quantitative estimate of drug-likeness (QED) is 0.0270. The molecule has 0 heterocycles. The fraction of sp³-hybridized carbons (Fsp3) is 0.444. The van der Waals surface area contributed by atoms with Crippen molar-refractivity contribution < 1.29 is 88.2 Å². The number of hydrogen-bond acceptors (Lipinski definition) is 17. The monoisotopic (exact) mass is 1160 g/mol. The lowest BCUT2D eigenvalue weighted by Gasteiger charge is -2.29. The molecule has 0 aliphatic heterocycles. The van der Waals surface area contributed by atoms with Crippen molar-refractivity contribution >= 4 is 71.0 Å². The van der Waals surface area contributed by atoms with E-state index in [9.17, 15) is 88.2 Å². The Bertz CT molecular complexity index is 2760. The second-order valence-corrected chi connectivity index (χ2v) is 20.1. The molecule has 0 saturated heterocycles. The summed E-state index contributed by atoms with van der Waals surface area (Å²) in [4.78, 5) is 159. The highest BCUT2D eigenvalue weighted by Gasteiger charge is 2.38. The van der Waals surface area contributed by atoms with Gasteiger partial charge in [0.05, 0.1) is 31.1 Å². The minimum atomic E-state index is -2.06. The van der Waals surface area contributed by atoms with E-state index in [1.807, 2.05) is 0 Å². The van der Waals surface area contributed by atoms with Crippen LogP contribution in [0.25, 0.3) is 0 Å². The topological polar surface area (TPSA) is 501 Å². The number of aliphatic hydroxyl groups excluding tert-OH is 2. The molecule has 3 rings (SSSR count). The SMILES string of the molecule is CC(C)C[C@H](NC(=O)[C@H](Cc1ccccc1)NC(=O)[C@H](Cc1ccc(O)cc1)NC(=O)[C@@H](NC(=O)[C@H](Cc1ccc(O)cc1)NC(=O)[C@H](CC(=O)O)NC(=O)[C@H](CC(N)=O)NC(=O)[C@@H](N)CCC(N)=O)[C@@H](C)O)C(=O)N[C@H](C(=O)O)[C@@H](C)O. The molecule has 29 nitrogen and oxygen atoms in total. The molecule has 0 unspecified atom stereocenters. The molecule has 0 saturated carbocycles. The zero-order chi connectivity index (χ0) is 62.2. The standard InChI is InChI=1S/C54H73N11O18/c1-26(2)20-35(51(79)65-45(28(4)67)54(82)83)59-47(75)36(21-29-8-6-5-7-9-29)60-48(76)37(22-30-10-14-32(68)15-11-30)63-53(81)44(27(3)66)64-52(80)38(23-31-12-16-33(69)17-13-31)61-50(78)40(25-43(72)73)62-49(77)39(24-42(57)71)58-46(74)34(55)18-19-41(56)70/h5-17,26-28,34-40,44-45,66-69H,18-25,55H2,1-4H3,(H2,56,70)(H2,57,71)(H,58,74)(H,59,75)(H,60,76)(H,61,78)(H,62,77)(H,63,81)(H,64,80)(H,65,79)(H,72,73)(H,82,83)/t27-,28-,34+,35+,36+,37+,38+,39+,40+,44+,45+/m1/s1. The lowest BCUT2D eigenvalue weighted by atomic mass is 9.99. The number of carboxylic acids is 2. The van der Waals surface area contributed by atoms with Crippen LogP contribution in [0, 0.1) is 5.92 Å². The number of nitrogens with one attached hydrogen (secondary N) is 8. The maximum Gasteiger partial charge on any atom is 0.328 e. The predicted molar refractivity (Wildman–Crippen MR) is 292 cm³/mol. The number of carboxylic acid groups (broad SMARTS) is 2. The van der Waals surface area contributed by atoms with Gasteiger partial charge < -0.3 is 90.4 Å². The Hall–Kier alpha value is -9.22. The van der Waals surface area contributed by atoms with Crippen molar-refractivity contribution in [2.45, 2.75) is 146 Å². The first-order chi connectivity index (χ1) is 38.9. The van der Waals surface area contributed by atoms with Crippen molar-refractivity contribution in [1.29, 1.82) is 0 Å². The van der Waals surface area contributed by atoms with Gasteiger partial charge in [0, 0.05) is 25.7 Å². The van der Waals surface area contributed by atoms with Crippen LogP contribution >= 0.6 is 0 Å². The smallest absolute Gasteiger partial charge is 0.328 e. The van der Waals surface area contributed by atoms with Crippen LogP contribution in [0.1, 0.15) is 76.5 Å². The highest BCUT2D eigenvalue weighted by Crippen LogP contribution is 2.16. The summed E-state index contributed by atoms with van der Waals surface area (Å²) in [6.45, 7) is 5.67. The Morgan fingerprint density at radius 3 is 1.20 bits per heavy atom. The highest BCUT2D eigenvalue weighted by atomic mass is 16.4. The molecule has 0 aliphatic rings. The third-order valence-electron chi connectivity index (χ3n) is 12.5. The number of aromatic hydroxyl groups is 2. The minimum absolute atomic E-state index is 0.0288. The maximum absolute atomic E-state index is 14.6. The Balaban J connectivity index is 2.02. The van der Waals surface area contributed by atoms with Gasteiger partial charge in [-0.1, -0.05) is 68.4 Å². The zero-order valence-corrected chi connectivity index (χ0v) is 45.9. The average molecular weight is 1160 g/mol. The molecule has 83 heavy (non-hydrogen) atoms. The fourth-order valence-electron chi connectivity index (χ4n) is 8.07. The number of amides is 10. The van der Waals surface area contributed by atoms with Crippen LogP contribution in [-0.2, 0) is 76.8 Å². The summed E-state index contributed by atoms with van der Waals surface area (Å²) in [6.07, 6.45) is -7.07. The van der Waals surface area contributed by atoms with Crippen molar-refractivity contribution in [3.63, 3.8) is 0 Å². The normalized spacial score (nSPS) is 15.0. The lowest BCUT2D eigenvalue weighted by Crippen LogP contribution is -2.62. The Morgan fingerprint density at radius 1 is 0.434 bits per heavy atom. The van der Waals surface area contributed by atoms with Crippen molar-refractivity contribution in [2.24, 2.45) is 23.1 Å². The van der Waals surface area contributed by atoms with E-state index >= 15 is 0 Å². The van der Waals surface area contributed by atoms with Gasteiger partial charge in [0.15, 0.2) is 6.04 Å². The first-order valence-electron chi connectivity index (χ1n) is 26.1. The molecule has 29 heteroatoms. The number of hydrogen-bond donors (Lipinski definition) is 17. The fourth-order valence-corrected chi connectivity index (χ4v) is 8.07. The Labute approximate surface area is 476 Å². The molecule has 10 amide bonds. The summed E-state index contributed by atoms with van der Waals surface area (Å²) >= 11 is 0. The number of phenols is 2. The number of primary amides is 2. The molecule has 11 atom stereocenters. The Kier molecular flexibility index (Phi) is 27.0. The number of aliphatic hydroxyl groups is 2. The zero-order valence-electron chi connectivity index (χ0n) is 45.9. The molecule has 3 aromatic rings. The van der Waals surface area contributed by atoms with E-state index in [1.165, 1.54) is 48.5 Å². The second-order valence-electron chi connectivity index (χ2n) is 20.1. The number of nitrogens with two attached hydrogens (primary N) is 3. The van der Waals surface area contributed by atoms with E-state index in [-0.39, 0.29) is 55.1 Å². The van der Waals surface area contributed by atoms with Gasteiger partial charge in [-0.05, 0) is 73.6 Å². The van der Waals surface area contributed by atoms with Crippen molar-refractivity contribution in [2.75, 3.05) is 0 Å². The van der Waals surface area contributed by atoms with Crippen LogP contribution in [-0.4, -0.2) is 168 Å². The van der Waals surface area contributed by atoms with Crippen LogP contribution in [0.2, 0.25) is 0 Å². The van der Waals surface area contributed by atoms with Gasteiger partial charge in [-0.2, -0.15) is 0 Å². The summed E-state index contributed by atoms with van der Waals surface area (Å²) < 4.78 is 0. The minimum Gasteiger partial charge on any atom is -0.508 e. The van der Waals surface area contributed by atoms with Crippen LogP contribution in [0.15, 0.2) is 78.9 Å². The highest BCUT2D eigenvalue weighted by molar-refractivity contribution is 6.00. The van der Waals surface area contributed by atoms with Gasteiger partial charge in [-0.25, -0.2) is 4.79 Å². The van der Waals surface area contributed by atoms with Gasteiger partial charge in [0.2, 0.25) is 59.1 Å². The van der Waals surface area contributed by atoms with E-state index in [0.29, 0.717) is 11.1 Å². The maximum atomic E-state index is 14.6. The molecule has 0 bridgehead atoms. The molecular formula is C54H73N11O18. The molecule has 0 aromatic heterocycles. The van der Waals surface area contributed by atoms with Gasteiger partial charge >= 0.3 is 11.9 Å². The molecule has 20 N–H and O–H groups in total. The lowest BCUT2D eigenvalue weighted by molar-refractivity contribution is -0.145. The summed E-state index contributed by atoms with van der Waals surface area (Å²) in [5.74, 6) is -14.9. The van der Waals surface area contributed by atoms with Gasteiger partial charge in [0.25, 0.3) is 0 Å². The Morgan fingerprint density at radius 2 is 0.795 bits per heavy atom. The van der Waals surface area contributed by atoms with E-state index in [0.717, 1.165) is 13.8 Å². The summed E-state index contributed by atoms with van der Waals surface area (Å²) in [5, 5.41) is 79.3. The van der Waals surface area contributed by atoms with Crippen LogP contribution in [0.4, 0.5) is 0 Å². The molecule has 0 aliphatic carbocycles. The van der Waals surface area contributed by atoms with E-state index in [2.05, 4.69) is 42.5 Å². The van der Waals surface area contributed by atoms with Crippen LogP contribution in [0.5, 0.6) is 11.5 Å². The second kappa shape index (κ2) is 32.9. The van der Waals surface area contributed by atoms with E-state index in [1.54, 1.807) is 44.2 Å². The first-order valence-corrected chi connectivity index (χ1v) is 26.1. The first kappa shape index (κ1) is 68.1. The third-order valence-corrected chi connectivity index (χ3v) is 12.5. The van der Waals surface area contributed by atoms with Crippen molar-refractivity contribution in [3.8, 4) is 11.5 Å². The van der Waals surface area contributed by atoms with Gasteiger partial charge in [-0.3, -0.25) is 52.7 Å². The number of phenolic OH excluding ortho intramolecular Hbond substituents is 2. The van der Waals surface area contributed by atoms with Crippen LogP contribution < -0.4 is 59.7 Å². The van der Waals surface area contributed by atoms with E-state index in [4.69, 9.17) is 17.2 Å². The number of benzene rings is 3. The van der Waals surface area contributed by atoms with Crippen molar-refractivity contribution in [1.82, 2.24) is 42.5 Å². The predicted octanol–water partition coefficient (Wildman–Crippen LogP) is -4.16. The third kappa shape index (κ3) is 23.8. The average Bonchev–Trinajstić information content (AvgIpc) is 3.41. The molecule has 3 aromatic carbocycles. The molecule has 452 valence electrons. The molecule has 0 fully saturated rings. The van der Waals surface area contributed by atoms with Gasteiger partial charge in [-0.15, -0.1) is 0 Å². The summed E-state index contributed by atoms with van der Waals surface area (Å²) in [7, 11) is 0. The molecule has 0 spiro atoms. The van der Waals surface area contributed by atoms with Crippen LogP contribution in [0.3, 0.4) is 0 Å². The summed E-state index contributed by atoms with van der Waals surface area (Å²) in [5.41, 5.74) is 17.3. The number of carbonyl (C=O) groups excluding carboxylic acids is 10. The van der Waals surface area contributed by atoms with E-state index < -0.39 is 157 Å². The number of rotatable bonds is 34. The molecular weight excluding hydrogens is 1090 g/mol.